The van der Waals surface area contributed by atoms with E-state index in [9.17, 15) is 22.8 Å². The number of hydrogen-bond donors (Lipinski definition) is 2. The van der Waals surface area contributed by atoms with Gasteiger partial charge in [-0.05, 0) is 18.9 Å². The number of morpholine rings is 1. The molecule has 2 atom stereocenters. The Kier molecular flexibility index (Phi) is 6.84. The molecule has 0 unspecified atom stereocenters. The molecule has 172 valence electrons. The van der Waals surface area contributed by atoms with Crippen LogP contribution in [0, 0.1) is 5.41 Å². The lowest BCUT2D eigenvalue weighted by molar-refractivity contribution is -0.192. The van der Waals surface area contributed by atoms with Crippen LogP contribution in [0.5, 0.6) is 0 Å². The van der Waals surface area contributed by atoms with Gasteiger partial charge in [-0.25, -0.2) is 4.79 Å². The molecule has 3 fully saturated rings. The third-order valence-electron chi connectivity index (χ3n) is 5.60. The first-order valence-electron chi connectivity index (χ1n) is 9.72. The number of carbonyl (C=O) groups is 3. The van der Waals surface area contributed by atoms with Gasteiger partial charge in [0.1, 0.15) is 5.69 Å². The highest BCUT2D eigenvalue weighted by Gasteiger charge is 2.55. The molecule has 0 aromatic carbocycles. The number of aromatic nitrogens is 2. The van der Waals surface area contributed by atoms with Crippen molar-refractivity contribution in [2.24, 2.45) is 5.41 Å². The Hall–Kier alpha value is -2.67. The predicted molar refractivity (Wildman–Crippen MR) is 97.0 cm³/mol. The summed E-state index contributed by atoms with van der Waals surface area (Å²) in [5.74, 6) is -2.75. The van der Waals surface area contributed by atoms with Crippen molar-refractivity contribution in [3.63, 3.8) is 0 Å². The molecule has 4 rings (SSSR count). The highest BCUT2D eigenvalue weighted by Crippen LogP contribution is 2.42. The standard InChI is InChI=1S/C16H22N4O4.C2HF3O2/c21-14(12-1-4-17-18-12)20-5-2-13-16(11-20,3-8-24-13)15(22)19-6-9-23-10-7-19;3-2(4,5)1(6)7/h1,4,13H,2-3,5-11H2,(H,17,18);(H,6,7)/t13-,16-;/m1./s1. The first-order chi connectivity index (χ1) is 14.6. The number of alkyl halides is 3. The van der Waals surface area contributed by atoms with Crippen molar-refractivity contribution in [1.82, 2.24) is 20.0 Å². The summed E-state index contributed by atoms with van der Waals surface area (Å²) in [7, 11) is 0. The van der Waals surface area contributed by atoms with Gasteiger partial charge in [-0.3, -0.25) is 14.7 Å². The quantitative estimate of drug-likeness (QED) is 0.676. The number of carboxylic acids is 1. The van der Waals surface area contributed by atoms with Crippen LogP contribution >= 0.6 is 0 Å². The molecule has 0 radical (unpaired) electrons. The Balaban J connectivity index is 0.000000339. The molecule has 3 saturated heterocycles. The van der Waals surface area contributed by atoms with Crippen LogP contribution in [-0.2, 0) is 19.1 Å². The maximum Gasteiger partial charge on any atom is 0.490 e. The zero-order valence-corrected chi connectivity index (χ0v) is 16.6. The number of likely N-dealkylation sites (tertiary alicyclic amines) is 1. The number of aromatic amines is 1. The van der Waals surface area contributed by atoms with Crippen LogP contribution in [0.3, 0.4) is 0 Å². The second kappa shape index (κ2) is 9.22. The number of nitrogens with one attached hydrogen (secondary N) is 1. The number of nitrogens with zero attached hydrogens (tertiary/aromatic N) is 3. The summed E-state index contributed by atoms with van der Waals surface area (Å²) in [4.78, 5) is 38.4. The van der Waals surface area contributed by atoms with Crippen molar-refractivity contribution in [1.29, 1.82) is 0 Å². The average Bonchev–Trinajstić information content (AvgIpc) is 3.43. The summed E-state index contributed by atoms with van der Waals surface area (Å²) in [6.45, 7) is 3.96. The molecule has 3 aliphatic heterocycles. The lowest BCUT2D eigenvalue weighted by Gasteiger charge is -2.45. The van der Waals surface area contributed by atoms with E-state index in [0.29, 0.717) is 64.5 Å². The molecule has 4 heterocycles. The van der Waals surface area contributed by atoms with Gasteiger partial charge in [-0.15, -0.1) is 0 Å². The summed E-state index contributed by atoms with van der Waals surface area (Å²) in [6.07, 6.45) is -2.26. The summed E-state index contributed by atoms with van der Waals surface area (Å²) < 4.78 is 42.9. The van der Waals surface area contributed by atoms with Crippen LogP contribution in [-0.4, -0.2) is 101 Å². The van der Waals surface area contributed by atoms with E-state index in [0.717, 1.165) is 0 Å². The number of carbonyl (C=O) groups excluding carboxylic acids is 2. The number of ether oxygens (including phenoxy) is 2. The Bertz CT molecular complexity index is 797. The van der Waals surface area contributed by atoms with Crippen molar-refractivity contribution in [3.8, 4) is 0 Å². The fourth-order valence-corrected chi connectivity index (χ4v) is 4.05. The molecule has 1 aromatic rings. The number of amides is 2. The number of halogens is 3. The van der Waals surface area contributed by atoms with E-state index < -0.39 is 17.6 Å². The lowest BCUT2D eigenvalue weighted by atomic mass is 9.75. The lowest BCUT2D eigenvalue weighted by Crippen LogP contribution is -2.60. The molecule has 2 amide bonds. The number of carboxylic acid groups (broad SMARTS) is 1. The van der Waals surface area contributed by atoms with Crippen LogP contribution in [0.2, 0.25) is 0 Å². The van der Waals surface area contributed by atoms with Crippen LogP contribution in [0.4, 0.5) is 13.2 Å². The molecule has 2 N–H and O–H groups in total. The maximum atomic E-state index is 13.2. The monoisotopic (exact) mass is 448 g/mol. The minimum Gasteiger partial charge on any atom is -0.475 e. The van der Waals surface area contributed by atoms with Crippen molar-refractivity contribution in [2.75, 3.05) is 46.0 Å². The molecule has 10 nitrogen and oxygen atoms in total. The van der Waals surface area contributed by atoms with E-state index in [2.05, 4.69) is 10.2 Å². The fourth-order valence-electron chi connectivity index (χ4n) is 4.05. The first kappa shape index (κ1) is 23.0. The fraction of sp³-hybridized carbons (Fsp3) is 0.667. The Morgan fingerprint density at radius 3 is 2.42 bits per heavy atom. The largest absolute Gasteiger partial charge is 0.490 e. The van der Waals surface area contributed by atoms with Gasteiger partial charge in [0.05, 0.1) is 24.7 Å². The minimum atomic E-state index is -5.08. The number of aliphatic carboxylic acids is 1. The second-order valence-corrected chi connectivity index (χ2v) is 7.46. The van der Waals surface area contributed by atoms with Gasteiger partial charge in [0.25, 0.3) is 5.91 Å². The van der Waals surface area contributed by atoms with Gasteiger partial charge in [-0.1, -0.05) is 0 Å². The van der Waals surface area contributed by atoms with Crippen LogP contribution in [0.15, 0.2) is 12.3 Å². The molecule has 31 heavy (non-hydrogen) atoms. The number of hydrogen-bond acceptors (Lipinski definition) is 6. The molecule has 0 bridgehead atoms. The molecular weight excluding hydrogens is 425 g/mol. The molecule has 0 spiro atoms. The van der Waals surface area contributed by atoms with E-state index >= 15 is 0 Å². The third-order valence-corrected chi connectivity index (χ3v) is 5.60. The molecule has 13 heteroatoms. The summed E-state index contributed by atoms with van der Waals surface area (Å²) >= 11 is 0. The SMILES string of the molecule is O=C(O)C(F)(F)F.O=C(c1ccn[nH]1)N1CC[C@H]2OCC[C@@]2(C(=O)N2CCOCC2)C1. The third kappa shape index (κ3) is 4.98. The summed E-state index contributed by atoms with van der Waals surface area (Å²) in [6, 6.07) is 1.66. The maximum absolute atomic E-state index is 13.2. The van der Waals surface area contributed by atoms with Crippen molar-refractivity contribution >= 4 is 17.8 Å². The Morgan fingerprint density at radius 2 is 1.84 bits per heavy atom. The van der Waals surface area contributed by atoms with Crippen molar-refractivity contribution < 1.29 is 42.1 Å². The predicted octanol–water partition coefficient (Wildman–Crippen LogP) is 0.523. The van der Waals surface area contributed by atoms with Crippen LogP contribution < -0.4 is 0 Å². The topological polar surface area (TPSA) is 125 Å². The van der Waals surface area contributed by atoms with Gasteiger partial charge in [0, 0.05) is 39.0 Å². The zero-order valence-electron chi connectivity index (χ0n) is 16.6. The van der Waals surface area contributed by atoms with Crippen LogP contribution in [0.25, 0.3) is 0 Å². The van der Waals surface area contributed by atoms with E-state index in [1.54, 1.807) is 17.2 Å². The van der Waals surface area contributed by atoms with E-state index in [4.69, 9.17) is 19.4 Å². The van der Waals surface area contributed by atoms with Crippen LogP contribution in [0.1, 0.15) is 23.3 Å². The number of piperidine rings is 1. The van der Waals surface area contributed by atoms with E-state index in [1.807, 2.05) is 4.90 Å². The normalized spacial score (nSPS) is 26.0. The Morgan fingerprint density at radius 1 is 1.16 bits per heavy atom. The van der Waals surface area contributed by atoms with Gasteiger partial charge in [0.2, 0.25) is 5.91 Å². The number of rotatable bonds is 2. The highest BCUT2D eigenvalue weighted by molar-refractivity contribution is 5.93. The van der Waals surface area contributed by atoms with E-state index in [-0.39, 0.29) is 17.9 Å². The zero-order chi connectivity index (χ0) is 22.6. The Labute approximate surface area is 175 Å². The molecule has 3 aliphatic rings. The van der Waals surface area contributed by atoms with Gasteiger partial charge >= 0.3 is 12.1 Å². The first-order valence-corrected chi connectivity index (χ1v) is 9.72. The highest BCUT2D eigenvalue weighted by atomic mass is 19.4. The van der Waals surface area contributed by atoms with E-state index in [1.165, 1.54) is 0 Å². The molecular formula is C18H23F3N4O6. The molecule has 1 aromatic heterocycles. The van der Waals surface area contributed by atoms with Gasteiger partial charge in [0.15, 0.2) is 0 Å². The van der Waals surface area contributed by atoms with Gasteiger partial charge in [-0.2, -0.15) is 18.3 Å². The number of fused-ring (bicyclic) bond motifs is 1. The second-order valence-electron chi connectivity index (χ2n) is 7.46. The average molecular weight is 448 g/mol. The van der Waals surface area contributed by atoms with Crippen molar-refractivity contribution in [3.05, 3.63) is 18.0 Å². The smallest absolute Gasteiger partial charge is 0.475 e. The van der Waals surface area contributed by atoms with Crippen molar-refractivity contribution in [2.45, 2.75) is 25.1 Å². The molecule has 0 saturated carbocycles. The molecule has 0 aliphatic carbocycles. The minimum absolute atomic E-state index is 0.0985. The number of H-pyrrole nitrogens is 1. The summed E-state index contributed by atoms with van der Waals surface area (Å²) in [5.41, 5.74) is -0.160. The summed E-state index contributed by atoms with van der Waals surface area (Å²) in [5, 5.41) is 13.7. The van der Waals surface area contributed by atoms with Gasteiger partial charge < -0.3 is 24.4 Å².